The van der Waals surface area contributed by atoms with Crippen LogP contribution in [0, 0.1) is 0 Å². The third kappa shape index (κ3) is 3.25. The molecule has 21 heavy (non-hydrogen) atoms. The van der Waals surface area contributed by atoms with E-state index in [1.54, 1.807) is 0 Å². The number of nitrogens with zero attached hydrogens (tertiary/aromatic N) is 2. The number of para-hydroxylation sites is 1. The smallest absolute Gasteiger partial charge is 0.404 e. The van der Waals surface area contributed by atoms with Gasteiger partial charge in [-0.15, -0.1) is 0 Å². The Hall–Kier alpha value is -1.85. The highest BCUT2D eigenvalue weighted by Crippen LogP contribution is 2.23. The van der Waals surface area contributed by atoms with E-state index in [-0.39, 0.29) is 6.04 Å². The van der Waals surface area contributed by atoms with Crippen LogP contribution in [0.15, 0.2) is 30.3 Å². The van der Waals surface area contributed by atoms with Gasteiger partial charge >= 0.3 is 6.09 Å². The lowest BCUT2D eigenvalue weighted by Gasteiger charge is -2.17. The van der Waals surface area contributed by atoms with Crippen LogP contribution in [-0.4, -0.2) is 40.2 Å². The molecular weight excluding hydrogens is 290 g/mol. The summed E-state index contributed by atoms with van der Waals surface area (Å²) in [6, 6.07) is 9.92. The zero-order chi connectivity index (χ0) is 14.8. The minimum Gasteiger partial charge on any atom is -0.465 e. The highest BCUT2D eigenvalue weighted by Gasteiger charge is 2.24. The number of nitrogens with one attached hydrogen (secondary N) is 1. The number of benzene rings is 1. The van der Waals surface area contributed by atoms with E-state index in [4.69, 9.17) is 16.7 Å². The summed E-state index contributed by atoms with van der Waals surface area (Å²) in [5.74, 6) is 0. The number of likely N-dealkylation sites (tertiary alicyclic amines) is 1. The molecule has 0 spiro atoms. The number of aromatic nitrogens is 1. The molecule has 3 rings (SSSR count). The Morgan fingerprint density at radius 3 is 3.10 bits per heavy atom. The van der Waals surface area contributed by atoms with Crippen LogP contribution in [0.25, 0.3) is 10.9 Å². The van der Waals surface area contributed by atoms with Crippen molar-refractivity contribution in [3.63, 3.8) is 0 Å². The Morgan fingerprint density at radius 2 is 2.29 bits per heavy atom. The molecule has 2 aromatic rings. The molecule has 0 aliphatic carbocycles. The van der Waals surface area contributed by atoms with E-state index in [0.29, 0.717) is 18.2 Å². The Labute approximate surface area is 127 Å². The minimum atomic E-state index is -0.966. The number of amides is 1. The van der Waals surface area contributed by atoms with Crippen LogP contribution in [0.2, 0.25) is 5.15 Å². The van der Waals surface area contributed by atoms with Gasteiger partial charge < -0.3 is 10.4 Å². The fourth-order valence-electron chi connectivity index (χ4n) is 2.76. The highest BCUT2D eigenvalue weighted by atomic mass is 35.5. The number of halogens is 1. The summed E-state index contributed by atoms with van der Waals surface area (Å²) in [7, 11) is 0. The van der Waals surface area contributed by atoms with Gasteiger partial charge in [0.2, 0.25) is 0 Å². The third-order valence-electron chi connectivity index (χ3n) is 3.74. The molecule has 2 heterocycles. The van der Waals surface area contributed by atoms with Crippen molar-refractivity contribution in [1.82, 2.24) is 15.2 Å². The van der Waals surface area contributed by atoms with Gasteiger partial charge in [0, 0.05) is 36.6 Å². The van der Waals surface area contributed by atoms with Gasteiger partial charge in [0.15, 0.2) is 0 Å². The van der Waals surface area contributed by atoms with Crippen molar-refractivity contribution in [1.29, 1.82) is 0 Å². The largest absolute Gasteiger partial charge is 0.465 e. The van der Waals surface area contributed by atoms with Gasteiger partial charge in [-0.2, -0.15) is 0 Å². The third-order valence-corrected chi connectivity index (χ3v) is 4.07. The van der Waals surface area contributed by atoms with E-state index in [1.165, 1.54) is 0 Å². The van der Waals surface area contributed by atoms with E-state index in [9.17, 15) is 4.79 Å². The number of pyridine rings is 1. The van der Waals surface area contributed by atoms with Gasteiger partial charge in [0.1, 0.15) is 5.15 Å². The predicted octanol–water partition coefficient (Wildman–Crippen LogP) is 2.73. The monoisotopic (exact) mass is 305 g/mol. The van der Waals surface area contributed by atoms with Gasteiger partial charge in [0.05, 0.1) is 5.52 Å². The molecular formula is C15H16ClN3O2. The molecule has 5 nitrogen and oxygen atoms in total. The maximum absolute atomic E-state index is 10.7. The first-order valence-corrected chi connectivity index (χ1v) is 7.25. The molecule has 1 aromatic carbocycles. The summed E-state index contributed by atoms with van der Waals surface area (Å²) < 4.78 is 0. The minimum absolute atomic E-state index is 0.00492. The molecule has 1 aliphatic heterocycles. The lowest BCUT2D eigenvalue weighted by Crippen LogP contribution is -2.35. The average Bonchev–Trinajstić information content (AvgIpc) is 2.86. The second kappa shape index (κ2) is 5.87. The van der Waals surface area contributed by atoms with E-state index < -0.39 is 6.09 Å². The van der Waals surface area contributed by atoms with E-state index >= 15 is 0 Å². The zero-order valence-electron chi connectivity index (χ0n) is 11.4. The number of hydrogen-bond acceptors (Lipinski definition) is 3. The van der Waals surface area contributed by atoms with Crippen LogP contribution in [-0.2, 0) is 6.54 Å². The SMILES string of the molecule is O=C(O)N[C@H]1CCN(Cc2cc3ccccc3nc2Cl)C1. The molecule has 0 saturated carbocycles. The lowest BCUT2D eigenvalue weighted by atomic mass is 10.1. The second-order valence-corrected chi connectivity index (χ2v) is 5.66. The molecule has 6 heteroatoms. The summed E-state index contributed by atoms with van der Waals surface area (Å²) in [5.41, 5.74) is 1.87. The topological polar surface area (TPSA) is 65.5 Å². The maximum Gasteiger partial charge on any atom is 0.404 e. The van der Waals surface area contributed by atoms with Gasteiger partial charge in [-0.05, 0) is 18.6 Å². The number of hydrogen-bond donors (Lipinski definition) is 2. The van der Waals surface area contributed by atoms with Crippen molar-refractivity contribution in [2.45, 2.75) is 19.0 Å². The maximum atomic E-state index is 10.7. The van der Waals surface area contributed by atoms with E-state index in [2.05, 4.69) is 21.3 Å². The molecule has 110 valence electrons. The number of carbonyl (C=O) groups is 1. The normalized spacial score (nSPS) is 19.0. The van der Waals surface area contributed by atoms with Crippen LogP contribution in [0.1, 0.15) is 12.0 Å². The summed E-state index contributed by atoms with van der Waals surface area (Å²) in [4.78, 5) is 17.3. The van der Waals surface area contributed by atoms with E-state index in [1.807, 2.05) is 24.3 Å². The van der Waals surface area contributed by atoms with Crippen molar-refractivity contribution < 1.29 is 9.90 Å². The molecule has 1 atom stereocenters. The molecule has 1 aromatic heterocycles. The summed E-state index contributed by atoms with van der Waals surface area (Å²) in [6.45, 7) is 2.25. The van der Waals surface area contributed by atoms with Crippen molar-refractivity contribution in [3.05, 3.63) is 41.0 Å². The van der Waals surface area contributed by atoms with Gasteiger partial charge in [-0.1, -0.05) is 29.8 Å². The molecule has 1 aliphatic rings. The first-order chi connectivity index (χ1) is 10.1. The summed E-state index contributed by atoms with van der Waals surface area (Å²) >= 11 is 6.25. The summed E-state index contributed by atoms with van der Waals surface area (Å²) in [5, 5.41) is 12.9. The number of rotatable bonds is 3. The number of carboxylic acid groups (broad SMARTS) is 1. The van der Waals surface area contributed by atoms with Crippen molar-refractivity contribution in [2.75, 3.05) is 13.1 Å². The molecule has 1 saturated heterocycles. The molecule has 1 fully saturated rings. The first-order valence-electron chi connectivity index (χ1n) is 6.88. The van der Waals surface area contributed by atoms with Gasteiger partial charge in [0.25, 0.3) is 0 Å². The predicted molar refractivity (Wildman–Crippen MR) is 81.6 cm³/mol. The molecule has 0 radical (unpaired) electrons. The van der Waals surface area contributed by atoms with Crippen molar-refractivity contribution in [2.24, 2.45) is 0 Å². The average molecular weight is 306 g/mol. The Kier molecular flexibility index (Phi) is 3.94. The molecule has 2 N–H and O–H groups in total. The van der Waals surface area contributed by atoms with Crippen LogP contribution in [0.5, 0.6) is 0 Å². The van der Waals surface area contributed by atoms with Gasteiger partial charge in [-0.3, -0.25) is 4.90 Å². The molecule has 0 bridgehead atoms. The van der Waals surface area contributed by atoms with Crippen LogP contribution >= 0.6 is 11.6 Å². The molecule has 1 amide bonds. The van der Waals surface area contributed by atoms with Crippen molar-refractivity contribution >= 4 is 28.6 Å². The second-order valence-electron chi connectivity index (χ2n) is 5.30. The number of fused-ring (bicyclic) bond motifs is 1. The Bertz CT molecular complexity index is 677. The summed E-state index contributed by atoms with van der Waals surface area (Å²) in [6.07, 6.45) is -0.141. The Balaban J connectivity index is 1.73. The van der Waals surface area contributed by atoms with Crippen LogP contribution < -0.4 is 5.32 Å². The fraction of sp³-hybridized carbons (Fsp3) is 0.333. The van der Waals surface area contributed by atoms with Gasteiger partial charge in [-0.25, -0.2) is 9.78 Å². The highest BCUT2D eigenvalue weighted by molar-refractivity contribution is 6.30. The quantitative estimate of drug-likeness (QED) is 0.856. The van der Waals surface area contributed by atoms with Crippen LogP contribution in [0.4, 0.5) is 4.79 Å². The standard InChI is InChI=1S/C15H16ClN3O2/c16-14-11(7-10-3-1-2-4-13(10)18-14)8-19-6-5-12(9-19)17-15(20)21/h1-4,7,12,17H,5-6,8-9H2,(H,20,21)/t12-/m0/s1. The van der Waals surface area contributed by atoms with Crippen LogP contribution in [0.3, 0.4) is 0 Å². The molecule has 0 unspecified atom stereocenters. The first kappa shape index (κ1) is 14.1. The lowest BCUT2D eigenvalue weighted by molar-refractivity contribution is 0.189. The Morgan fingerprint density at radius 1 is 1.48 bits per heavy atom. The van der Waals surface area contributed by atoms with Crippen molar-refractivity contribution in [3.8, 4) is 0 Å². The zero-order valence-corrected chi connectivity index (χ0v) is 12.2. The fourth-order valence-corrected chi connectivity index (χ4v) is 2.96. The van der Waals surface area contributed by atoms with E-state index in [0.717, 1.165) is 29.4 Å².